The molecule has 7 heteroatoms. The minimum atomic E-state index is -1.20. The van der Waals surface area contributed by atoms with E-state index in [1.165, 1.54) is 24.5 Å². The van der Waals surface area contributed by atoms with Crippen LogP contribution in [0.25, 0.3) is 0 Å². The fourth-order valence-corrected chi connectivity index (χ4v) is 2.03. The van der Waals surface area contributed by atoms with E-state index in [9.17, 15) is 13.8 Å². The van der Waals surface area contributed by atoms with Crippen molar-refractivity contribution in [3.05, 3.63) is 30.1 Å². The predicted octanol–water partition coefficient (Wildman–Crippen LogP) is 0.381. The third-order valence-electron chi connectivity index (χ3n) is 2.32. The van der Waals surface area contributed by atoms with Crippen molar-refractivity contribution in [1.82, 2.24) is 4.98 Å². The summed E-state index contributed by atoms with van der Waals surface area (Å²) in [4.78, 5) is 25.5. The molecule has 1 unspecified atom stereocenters. The Morgan fingerprint density at radius 2 is 1.89 bits per heavy atom. The van der Waals surface area contributed by atoms with Crippen molar-refractivity contribution in [2.24, 2.45) is 5.92 Å². The summed E-state index contributed by atoms with van der Waals surface area (Å²) in [5.41, 5.74) is 0.461. The van der Waals surface area contributed by atoms with Crippen LogP contribution in [0.4, 0.5) is 0 Å². The highest BCUT2D eigenvalue weighted by molar-refractivity contribution is 7.67. The Kier molecular flexibility index (Phi) is 5.19. The molecule has 96 valence electrons. The molecule has 1 aromatic rings. The van der Waals surface area contributed by atoms with Gasteiger partial charge in [-0.25, -0.2) is 4.21 Å². The Morgan fingerprint density at radius 3 is 2.33 bits per heavy atom. The van der Waals surface area contributed by atoms with Gasteiger partial charge in [0.1, 0.15) is 0 Å². The lowest BCUT2D eigenvalue weighted by atomic mass is 9.95. The maximum absolute atomic E-state index is 11.1. The summed E-state index contributed by atoms with van der Waals surface area (Å²) in [7, 11) is 0. The molecule has 0 aliphatic rings. The van der Waals surface area contributed by atoms with E-state index >= 15 is 0 Å². The van der Waals surface area contributed by atoms with Crippen LogP contribution in [-0.4, -0.2) is 36.2 Å². The van der Waals surface area contributed by atoms with Gasteiger partial charge in [0.2, 0.25) is 0 Å². The van der Waals surface area contributed by atoms with Crippen molar-refractivity contribution in [1.29, 1.82) is 0 Å². The number of carboxylic acids is 2. The fraction of sp³-hybridized carbons (Fsp3) is 0.273. The third kappa shape index (κ3) is 3.77. The molecular weight excluding hydrogens is 258 g/mol. The lowest BCUT2D eigenvalue weighted by molar-refractivity contribution is -0.140. The first-order valence-corrected chi connectivity index (χ1v) is 5.82. The molecular formula is C11H11NO5S. The molecule has 2 N–H and O–H groups in total. The van der Waals surface area contributed by atoms with Crippen molar-refractivity contribution in [2.75, 3.05) is 0 Å². The molecule has 1 heterocycles. The topological polar surface area (TPSA) is 105 Å². The summed E-state index contributed by atoms with van der Waals surface area (Å²) in [6.07, 6.45) is 2.48. The molecule has 1 aromatic heterocycles. The lowest BCUT2D eigenvalue weighted by Gasteiger charge is -2.12. The van der Waals surface area contributed by atoms with Gasteiger partial charge >= 0.3 is 11.9 Å². The highest BCUT2D eigenvalue weighted by atomic mass is 32.1. The van der Waals surface area contributed by atoms with E-state index in [4.69, 9.17) is 10.2 Å². The molecule has 1 rings (SSSR count). The Balaban J connectivity index is 3.00. The van der Waals surface area contributed by atoms with Crippen LogP contribution in [0.2, 0.25) is 0 Å². The fourth-order valence-electron chi connectivity index (χ4n) is 1.46. The van der Waals surface area contributed by atoms with Crippen molar-refractivity contribution in [2.45, 2.75) is 12.8 Å². The average molecular weight is 269 g/mol. The van der Waals surface area contributed by atoms with Crippen LogP contribution in [0.3, 0.4) is 0 Å². The minimum Gasteiger partial charge on any atom is -0.481 e. The van der Waals surface area contributed by atoms with E-state index < -0.39 is 17.9 Å². The minimum absolute atomic E-state index is 0.0762. The molecule has 6 nitrogen and oxygen atoms in total. The van der Waals surface area contributed by atoms with Gasteiger partial charge in [-0.15, -0.1) is 0 Å². The Morgan fingerprint density at radius 1 is 1.28 bits per heavy atom. The van der Waals surface area contributed by atoms with Gasteiger partial charge in [0, 0.05) is 18.8 Å². The van der Waals surface area contributed by atoms with Gasteiger partial charge in [-0.3, -0.25) is 14.6 Å². The highest BCUT2D eigenvalue weighted by Gasteiger charge is 2.25. The number of pyridine rings is 1. The van der Waals surface area contributed by atoms with Crippen molar-refractivity contribution >= 4 is 28.1 Å². The van der Waals surface area contributed by atoms with Gasteiger partial charge in [-0.1, -0.05) is 0 Å². The quantitative estimate of drug-likeness (QED) is 0.571. The van der Waals surface area contributed by atoms with E-state index in [0.717, 1.165) is 0 Å². The number of hydrogen-bond donors (Lipinski definition) is 2. The second kappa shape index (κ2) is 6.65. The first-order valence-electron chi connectivity index (χ1n) is 5.08. The van der Waals surface area contributed by atoms with Crippen LogP contribution in [0.1, 0.15) is 18.4 Å². The van der Waals surface area contributed by atoms with Gasteiger partial charge in [0.05, 0.1) is 22.0 Å². The number of aliphatic carboxylic acids is 2. The largest absolute Gasteiger partial charge is 0.481 e. The summed E-state index contributed by atoms with van der Waals surface area (Å²) in [5, 5.41) is 17.6. The maximum Gasteiger partial charge on any atom is 0.311 e. The molecule has 0 aromatic carbocycles. The number of aromatic nitrogens is 1. The number of carbonyl (C=O) groups is 2. The smallest absolute Gasteiger partial charge is 0.311 e. The molecule has 0 aliphatic heterocycles. The second-order valence-electron chi connectivity index (χ2n) is 3.51. The van der Waals surface area contributed by atoms with Gasteiger partial charge in [-0.05, 0) is 24.1 Å². The summed E-state index contributed by atoms with van der Waals surface area (Å²) in [5.74, 6) is -3.40. The molecule has 18 heavy (non-hydrogen) atoms. The zero-order chi connectivity index (χ0) is 13.5. The normalized spacial score (nSPS) is 11.6. The van der Waals surface area contributed by atoms with E-state index in [1.807, 2.05) is 0 Å². The number of rotatable bonds is 6. The molecule has 0 amide bonds. The maximum atomic E-state index is 11.1. The molecule has 0 saturated heterocycles. The molecule has 0 bridgehead atoms. The molecule has 0 saturated carbocycles. The Hall–Kier alpha value is -2.02. The van der Waals surface area contributed by atoms with Crippen LogP contribution in [0, 0.1) is 5.92 Å². The van der Waals surface area contributed by atoms with E-state index in [0.29, 0.717) is 5.56 Å². The van der Waals surface area contributed by atoms with Crippen LogP contribution in [-0.2, 0) is 20.8 Å². The standard InChI is InChI=1S/C11H11NO5S/c13-9(14)2-1-8(11(15)16)10(18-17)7-3-5-12-6-4-7/h3-6,8H,1-2H2,(H,13,14)(H,15,16). The number of hydrogen-bond acceptors (Lipinski definition) is 4. The van der Waals surface area contributed by atoms with Gasteiger partial charge in [0.15, 0.2) is 0 Å². The predicted molar refractivity (Wildman–Crippen MR) is 64.5 cm³/mol. The van der Waals surface area contributed by atoms with Crippen LogP contribution >= 0.6 is 0 Å². The lowest BCUT2D eigenvalue weighted by Crippen LogP contribution is -2.25. The van der Waals surface area contributed by atoms with Crippen LogP contribution in [0.15, 0.2) is 24.5 Å². The van der Waals surface area contributed by atoms with E-state index in [2.05, 4.69) is 4.98 Å². The number of carboxylic acid groups (broad SMARTS) is 2. The molecule has 0 radical (unpaired) electrons. The molecule has 0 aliphatic carbocycles. The van der Waals surface area contributed by atoms with Crippen molar-refractivity contribution in [3.63, 3.8) is 0 Å². The van der Waals surface area contributed by atoms with Crippen molar-refractivity contribution < 1.29 is 24.0 Å². The monoisotopic (exact) mass is 269 g/mol. The van der Waals surface area contributed by atoms with Gasteiger partial charge < -0.3 is 10.2 Å². The van der Waals surface area contributed by atoms with Crippen LogP contribution in [0.5, 0.6) is 0 Å². The first-order chi connectivity index (χ1) is 8.56. The number of nitrogens with zero attached hydrogens (tertiary/aromatic N) is 1. The molecule has 0 fully saturated rings. The van der Waals surface area contributed by atoms with E-state index in [1.54, 1.807) is 0 Å². The Labute approximate surface area is 106 Å². The summed E-state index contributed by atoms with van der Waals surface area (Å²) in [6.45, 7) is 0. The zero-order valence-corrected chi connectivity index (χ0v) is 10.1. The highest BCUT2D eigenvalue weighted by Crippen LogP contribution is 2.14. The zero-order valence-electron chi connectivity index (χ0n) is 9.28. The van der Waals surface area contributed by atoms with Gasteiger partial charge in [0.25, 0.3) is 0 Å². The second-order valence-corrected chi connectivity index (χ2v) is 4.11. The average Bonchev–Trinajstić information content (AvgIpc) is 2.34. The van der Waals surface area contributed by atoms with Gasteiger partial charge in [-0.2, -0.15) is 0 Å². The SMILES string of the molecule is O=S=C(c1ccncc1)C(CCC(=O)O)C(=O)O. The van der Waals surface area contributed by atoms with Crippen molar-refractivity contribution in [3.8, 4) is 0 Å². The third-order valence-corrected chi connectivity index (χ3v) is 3.02. The Bertz CT molecular complexity index is 495. The summed E-state index contributed by atoms with van der Waals surface area (Å²) < 4.78 is 11.1. The van der Waals surface area contributed by atoms with E-state index in [-0.39, 0.29) is 29.0 Å². The summed E-state index contributed by atoms with van der Waals surface area (Å²) >= 11 is 0.0762. The van der Waals surface area contributed by atoms with Crippen LogP contribution < -0.4 is 0 Å². The summed E-state index contributed by atoms with van der Waals surface area (Å²) in [6, 6.07) is 3.05. The molecule has 1 atom stereocenters. The molecule has 0 spiro atoms. The first kappa shape index (κ1) is 14.0.